The van der Waals surface area contributed by atoms with Crippen LogP contribution < -0.4 is 5.32 Å². The number of hydrogen-bond acceptors (Lipinski definition) is 5. The van der Waals surface area contributed by atoms with Crippen LogP contribution in [0.25, 0.3) is 0 Å². The Hall–Kier alpha value is -1.76. The largest absolute Gasteiger partial charge is 0.372 e. The average molecular weight is 372 g/mol. The molecule has 4 heterocycles. The van der Waals surface area contributed by atoms with Gasteiger partial charge in [-0.25, -0.2) is 0 Å². The number of carbonyl (C=O) groups excluding carboxylic acids is 1. The molecule has 1 atom stereocenters. The highest BCUT2D eigenvalue weighted by Crippen LogP contribution is 2.42. The minimum absolute atomic E-state index is 0.00416. The maximum Gasteiger partial charge on any atom is 0.252 e. The summed E-state index contributed by atoms with van der Waals surface area (Å²) in [7, 11) is 0. The highest BCUT2D eigenvalue weighted by molar-refractivity contribution is 7.10. The van der Waals surface area contributed by atoms with Gasteiger partial charge in [0.1, 0.15) is 0 Å². The number of pyridine rings is 1. The van der Waals surface area contributed by atoms with Crippen molar-refractivity contribution >= 4 is 17.2 Å². The molecule has 0 aliphatic carbocycles. The second-order valence-electron chi connectivity index (χ2n) is 7.36. The van der Waals surface area contributed by atoms with E-state index < -0.39 is 0 Å². The normalized spacial score (nSPS) is 21.7. The number of nitrogens with zero attached hydrogens (tertiary/aromatic N) is 2. The zero-order chi connectivity index (χ0) is 18.0. The number of carbonyl (C=O) groups is 1. The number of nitrogens with one attached hydrogen (secondary N) is 1. The van der Waals surface area contributed by atoms with Crippen LogP contribution in [0.1, 0.15) is 33.6 Å². The molecule has 0 bridgehead atoms. The molecule has 2 aliphatic rings. The molecule has 2 saturated heterocycles. The fourth-order valence-electron chi connectivity index (χ4n) is 4.09. The number of aromatic nitrogens is 1. The molecule has 2 aromatic heterocycles. The van der Waals surface area contributed by atoms with Crippen LogP contribution >= 0.6 is 11.3 Å². The number of rotatable bonds is 6. The molecule has 5 nitrogen and oxygen atoms in total. The Morgan fingerprint density at radius 3 is 3.08 bits per heavy atom. The standard InChI is InChI=1S/C20H25N3O2S/c1-15-6-10-26-18(15)12-23-13-20(14-23)17(5-9-25-20)4-8-22-19(24)16-3-2-7-21-11-16/h2-3,6-7,10-11,17H,4-5,8-9,12-14H2,1H3,(H,22,24)/t17-/m1/s1. The summed E-state index contributed by atoms with van der Waals surface area (Å²) in [5.74, 6) is 0.479. The minimum Gasteiger partial charge on any atom is -0.372 e. The number of likely N-dealkylation sites (tertiary alicyclic amines) is 1. The maximum absolute atomic E-state index is 12.1. The number of thiophene rings is 1. The summed E-state index contributed by atoms with van der Waals surface area (Å²) in [6, 6.07) is 5.77. The van der Waals surface area contributed by atoms with Crippen LogP contribution in [-0.4, -0.2) is 47.6 Å². The zero-order valence-corrected chi connectivity index (χ0v) is 15.9. The van der Waals surface area contributed by atoms with Crippen molar-refractivity contribution in [2.75, 3.05) is 26.2 Å². The molecule has 6 heteroatoms. The Bertz CT molecular complexity index is 755. The predicted molar refractivity (Wildman–Crippen MR) is 102 cm³/mol. The molecule has 0 aromatic carbocycles. The molecule has 4 rings (SSSR count). The highest BCUT2D eigenvalue weighted by Gasteiger charge is 2.52. The first-order valence-corrected chi connectivity index (χ1v) is 10.1. The smallest absolute Gasteiger partial charge is 0.252 e. The molecule has 1 amide bonds. The van der Waals surface area contributed by atoms with E-state index >= 15 is 0 Å². The summed E-state index contributed by atoms with van der Waals surface area (Å²) in [5.41, 5.74) is 2.01. The van der Waals surface area contributed by atoms with Gasteiger partial charge in [0.2, 0.25) is 0 Å². The topological polar surface area (TPSA) is 54.5 Å². The van der Waals surface area contributed by atoms with Gasteiger partial charge in [0, 0.05) is 50.1 Å². The number of hydrogen-bond donors (Lipinski definition) is 1. The Morgan fingerprint density at radius 2 is 2.35 bits per heavy atom. The van der Waals surface area contributed by atoms with Gasteiger partial charge in [0.15, 0.2) is 0 Å². The van der Waals surface area contributed by atoms with Crippen molar-refractivity contribution in [3.05, 3.63) is 52.0 Å². The highest BCUT2D eigenvalue weighted by atomic mass is 32.1. The van der Waals surface area contributed by atoms with Crippen LogP contribution in [0, 0.1) is 12.8 Å². The molecule has 2 aliphatic heterocycles. The lowest BCUT2D eigenvalue weighted by atomic mass is 9.79. The van der Waals surface area contributed by atoms with Gasteiger partial charge >= 0.3 is 0 Å². The number of ether oxygens (including phenoxy) is 1. The lowest BCUT2D eigenvalue weighted by molar-refractivity contribution is -0.136. The van der Waals surface area contributed by atoms with Crippen LogP contribution in [0.3, 0.4) is 0 Å². The van der Waals surface area contributed by atoms with Gasteiger partial charge < -0.3 is 10.1 Å². The molecule has 138 valence electrons. The second kappa shape index (κ2) is 7.47. The Morgan fingerprint density at radius 1 is 1.46 bits per heavy atom. The monoisotopic (exact) mass is 371 g/mol. The van der Waals surface area contributed by atoms with Crippen molar-refractivity contribution < 1.29 is 9.53 Å². The third-order valence-electron chi connectivity index (χ3n) is 5.62. The van der Waals surface area contributed by atoms with Gasteiger partial charge in [-0.2, -0.15) is 0 Å². The van der Waals surface area contributed by atoms with Crippen LogP contribution in [-0.2, 0) is 11.3 Å². The lowest BCUT2D eigenvalue weighted by Crippen LogP contribution is -2.64. The van der Waals surface area contributed by atoms with Crippen LogP contribution in [0.5, 0.6) is 0 Å². The van der Waals surface area contributed by atoms with Gasteiger partial charge in [-0.1, -0.05) is 0 Å². The molecule has 0 unspecified atom stereocenters. The third-order valence-corrected chi connectivity index (χ3v) is 6.63. The average Bonchev–Trinajstić information content (AvgIpc) is 3.22. The summed E-state index contributed by atoms with van der Waals surface area (Å²) in [6.07, 6.45) is 5.34. The van der Waals surface area contributed by atoms with Crippen molar-refractivity contribution in [2.24, 2.45) is 5.92 Å². The molecule has 0 saturated carbocycles. The SMILES string of the molecule is Cc1ccsc1CN1CC2(C1)OCC[C@H]2CCNC(=O)c1cccnc1. The zero-order valence-electron chi connectivity index (χ0n) is 15.1. The molecule has 2 aromatic rings. The van der Waals surface area contributed by atoms with E-state index in [1.54, 1.807) is 24.5 Å². The van der Waals surface area contributed by atoms with Gasteiger partial charge in [0.25, 0.3) is 5.91 Å². The summed E-state index contributed by atoms with van der Waals surface area (Å²) in [6.45, 7) is 6.75. The van der Waals surface area contributed by atoms with Crippen LogP contribution in [0.2, 0.25) is 0 Å². The van der Waals surface area contributed by atoms with Crippen molar-refractivity contribution in [1.82, 2.24) is 15.2 Å². The Kier molecular flexibility index (Phi) is 5.07. The molecular formula is C20H25N3O2S. The maximum atomic E-state index is 12.1. The minimum atomic E-state index is -0.0468. The molecule has 2 fully saturated rings. The first kappa shape index (κ1) is 17.6. The molecule has 1 spiro atoms. The summed E-state index contributed by atoms with van der Waals surface area (Å²) in [4.78, 5) is 20.1. The van der Waals surface area contributed by atoms with Gasteiger partial charge in [-0.15, -0.1) is 11.3 Å². The summed E-state index contributed by atoms with van der Waals surface area (Å²) >= 11 is 1.84. The van der Waals surface area contributed by atoms with Crippen LogP contribution in [0.15, 0.2) is 36.0 Å². The van der Waals surface area contributed by atoms with Crippen LogP contribution in [0.4, 0.5) is 0 Å². The number of aryl methyl sites for hydroxylation is 1. The van der Waals surface area contributed by atoms with E-state index in [0.717, 1.165) is 39.1 Å². The quantitative estimate of drug-likeness (QED) is 0.848. The van der Waals surface area contributed by atoms with E-state index in [1.165, 1.54) is 10.4 Å². The molecule has 26 heavy (non-hydrogen) atoms. The van der Waals surface area contributed by atoms with E-state index in [9.17, 15) is 4.79 Å². The fourth-order valence-corrected chi connectivity index (χ4v) is 5.04. The fraction of sp³-hybridized carbons (Fsp3) is 0.500. The molecule has 0 radical (unpaired) electrons. The lowest BCUT2D eigenvalue weighted by Gasteiger charge is -2.50. The predicted octanol–water partition coefficient (Wildman–Crippen LogP) is 2.86. The second-order valence-corrected chi connectivity index (χ2v) is 8.36. The Labute approximate surface area is 158 Å². The number of amides is 1. The first-order valence-electron chi connectivity index (χ1n) is 9.24. The van der Waals surface area contributed by atoms with Gasteiger partial charge in [-0.05, 0) is 54.8 Å². The summed E-state index contributed by atoms with van der Waals surface area (Å²) in [5, 5.41) is 5.19. The van der Waals surface area contributed by atoms with E-state index in [4.69, 9.17) is 4.74 Å². The third kappa shape index (κ3) is 3.54. The first-order chi connectivity index (χ1) is 12.7. The molecule has 1 N–H and O–H groups in total. The van der Waals surface area contributed by atoms with Crippen molar-refractivity contribution in [3.8, 4) is 0 Å². The Balaban J connectivity index is 1.26. The van der Waals surface area contributed by atoms with Crippen molar-refractivity contribution in [3.63, 3.8) is 0 Å². The van der Waals surface area contributed by atoms with Gasteiger partial charge in [-0.3, -0.25) is 14.7 Å². The van der Waals surface area contributed by atoms with E-state index in [-0.39, 0.29) is 11.5 Å². The van der Waals surface area contributed by atoms with Crippen molar-refractivity contribution in [2.45, 2.75) is 31.9 Å². The van der Waals surface area contributed by atoms with E-state index in [2.05, 4.69) is 33.6 Å². The van der Waals surface area contributed by atoms with Gasteiger partial charge in [0.05, 0.1) is 11.2 Å². The van der Waals surface area contributed by atoms with Crippen molar-refractivity contribution in [1.29, 1.82) is 0 Å². The van der Waals surface area contributed by atoms with E-state index in [0.29, 0.717) is 18.0 Å². The molecular weight excluding hydrogens is 346 g/mol. The summed E-state index contributed by atoms with van der Waals surface area (Å²) < 4.78 is 6.15. The van der Waals surface area contributed by atoms with E-state index in [1.807, 2.05) is 11.3 Å².